The predicted molar refractivity (Wildman–Crippen MR) is 77.3 cm³/mol. The SMILES string of the molecule is FC(F)(F)c1ccccc1C1=NC(C(F)(F)F)(C(F)(F)F)N=C(C(F)(F)C(F)(F)C(F)(F)F)O1. The van der Waals surface area contributed by atoms with Crippen molar-refractivity contribution in [1.82, 2.24) is 0 Å². The van der Waals surface area contributed by atoms with Gasteiger partial charge in [-0.05, 0) is 12.1 Å². The monoisotopic (exact) mass is 532 g/mol. The fraction of sp³-hybridized carbons (Fsp3) is 0.467. The second-order valence-electron chi connectivity index (χ2n) is 6.29. The van der Waals surface area contributed by atoms with Gasteiger partial charge >= 0.3 is 42.2 Å². The molecule has 0 N–H and O–H groups in total. The molecule has 19 heteroatoms. The van der Waals surface area contributed by atoms with Crippen molar-refractivity contribution >= 4 is 11.8 Å². The van der Waals surface area contributed by atoms with Gasteiger partial charge in [0.1, 0.15) is 0 Å². The molecule has 0 saturated heterocycles. The maximum Gasteiger partial charge on any atom is 0.460 e. The summed E-state index contributed by atoms with van der Waals surface area (Å²) in [5.41, 5.74) is -10.3. The Labute approximate surface area is 175 Å². The van der Waals surface area contributed by atoms with Gasteiger partial charge < -0.3 is 4.74 Å². The fourth-order valence-electron chi connectivity index (χ4n) is 2.35. The molecule has 0 amide bonds. The van der Waals surface area contributed by atoms with Crippen molar-refractivity contribution in [2.75, 3.05) is 0 Å². The minimum Gasteiger partial charge on any atom is -0.418 e. The zero-order valence-corrected chi connectivity index (χ0v) is 15.2. The first-order valence-corrected chi connectivity index (χ1v) is 7.90. The molecule has 0 aromatic heterocycles. The summed E-state index contributed by atoms with van der Waals surface area (Å²) in [5, 5.41) is 0. The van der Waals surface area contributed by atoms with E-state index in [1.165, 1.54) is 4.99 Å². The van der Waals surface area contributed by atoms with Crippen molar-refractivity contribution in [3.05, 3.63) is 35.4 Å². The number of halogens is 16. The van der Waals surface area contributed by atoms with E-state index in [4.69, 9.17) is 0 Å². The van der Waals surface area contributed by atoms with Gasteiger partial charge in [0.25, 0.3) is 5.90 Å². The van der Waals surface area contributed by atoms with Gasteiger partial charge in [0.05, 0.1) is 5.56 Å². The van der Waals surface area contributed by atoms with Gasteiger partial charge in [-0.2, -0.15) is 70.2 Å². The topological polar surface area (TPSA) is 34.0 Å². The smallest absolute Gasteiger partial charge is 0.418 e. The van der Waals surface area contributed by atoms with E-state index in [9.17, 15) is 70.2 Å². The lowest BCUT2D eigenvalue weighted by Gasteiger charge is -2.37. The summed E-state index contributed by atoms with van der Waals surface area (Å²) in [6.07, 6.45) is -26.9. The summed E-state index contributed by atoms with van der Waals surface area (Å²) in [6, 6.07) is 1.07. The highest BCUT2D eigenvalue weighted by atomic mass is 19.4. The van der Waals surface area contributed by atoms with E-state index in [1.54, 1.807) is 4.99 Å². The maximum absolute atomic E-state index is 14.0. The predicted octanol–water partition coefficient (Wildman–Crippen LogP) is 6.53. The second-order valence-corrected chi connectivity index (χ2v) is 6.29. The number of benzene rings is 1. The van der Waals surface area contributed by atoms with E-state index in [-0.39, 0.29) is 12.1 Å². The molecular formula is C15H4F16N2O. The lowest BCUT2D eigenvalue weighted by Crippen LogP contribution is -2.62. The van der Waals surface area contributed by atoms with Crippen LogP contribution >= 0.6 is 0 Å². The lowest BCUT2D eigenvalue weighted by molar-refractivity contribution is -0.339. The average Bonchev–Trinajstić information content (AvgIpc) is 2.64. The Hall–Kier alpha value is -2.76. The first-order valence-electron chi connectivity index (χ1n) is 7.90. The quantitative estimate of drug-likeness (QED) is 0.408. The summed E-state index contributed by atoms with van der Waals surface area (Å²) in [6.45, 7) is 0. The number of hydrogen-bond donors (Lipinski definition) is 0. The number of alkyl halides is 16. The van der Waals surface area contributed by atoms with E-state index >= 15 is 0 Å². The van der Waals surface area contributed by atoms with Crippen molar-refractivity contribution < 1.29 is 75.0 Å². The lowest BCUT2D eigenvalue weighted by atomic mass is 10.0. The average molecular weight is 532 g/mol. The molecule has 0 radical (unpaired) electrons. The Balaban J connectivity index is 2.96. The Morgan fingerprint density at radius 3 is 1.53 bits per heavy atom. The molecule has 1 heterocycles. The van der Waals surface area contributed by atoms with Crippen LogP contribution in [0.15, 0.2) is 34.3 Å². The minimum atomic E-state index is -7.38. The number of ether oxygens (including phenoxy) is 1. The Kier molecular flexibility index (Phi) is 6.16. The zero-order valence-electron chi connectivity index (χ0n) is 15.2. The molecule has 0 unspecified atom stereocenters. The Morgan fingerprint density at radius 2 is 1.12 bits per heavy atom. The highest BCUT2D eigenvalue weighted by molar-refractivity contribution is 6.06. The summed E-state index contributed by atoms with van der Waals surface area (Å²) >= 11 is 0. The van der Waals surface area contributed by atoms with Gasteiger partial charge in [0, 0.05) is 5.56 Å². The zero-order chi connectivity index (χ0) is 26.8. The standard InChI is InChI=1S/C15H4F16N2O/c16-9(17,11(21,22)13(23,24)25)8-33-12(14(26,27)28,15(29,30)31)32-7(34-8)5-3-1-2-4-6(5)10(18,19)20/h1-4H. The van der Waals surface area contributed by atoms with Crippen molar-refractivity contribution in [2.45, 2.75) is 42.2 Å². The van der Waals surface area contributed by atoms with Crippen LogP contribution in [0.4, 0.5) is 70.2 Å². The van der Waals surface area contributed by atoms with Crippen LogP contribution in [0.2, 0.25) is 0 Å². The Morgan fingerprint density at radius 1 is 0.647 bits per heavy atom. The molecule has 1 aliphatic rings. The van der Waals surface area contributed by atoms with Crippen LogP contribution in [0, 0.1) is 0 Å². The second kappa shape index (κ2) is 7.62. The fourth-order valence-corrected chi connectivity index (χ4v) is 2.35. The molecule has 1 aliphatic heterocycles. The summed E-state index contributed by atoms with van der Waals surface area (Å²) in [5.74, 6) is -20.9. The van der Waals surface area contributed by atoms with Crippen LogP contribution in [-0.4, -0.2) is 47.8 Å². The molecular weight excluding hydrogens is 528 g/mol. The molecule has 1 aromatic carbocycles. The normalized spacial score (nSPS) is 18.2. The van der Waals surface area contributed by atoms with Crippen LogP contribution in [0.25, 0.3) is 0 Å². The van der Waals surface area contributed by atoms with Gasteiger partial charge in [0.2, 0.25) is 5.90 Å². The number of nitrogens with zero attached hydrogens (tertiary/aromatic N) is 2. The molecule has 2 rings (SSSR count). The molecule has 1 aromatic rings. The number of hydrogen-bond acceptors (Lipinski definition) is 3. The largest absolute Gasteiger partial charge is 0.460 e. The maximum atomic E-state index is 14.0. The van der Waals surface area contributed by atoms with Crippen molar-refractivity contribution in [1.29, 1.82) is 0 Å². The summed E-state index contributed by atoms with van der Waals surface area (Å²) in [4.78, 5) is 3.03. The third-order valence-corrected chi connectivity index (χ3v) is 3.99. The molecule has 192 valence electrons. The third-order valence-electron chi connectivity index (χ3n) is 3.99. The highest BCUT2D eigenvalue weighted by Gasteiger charge is 2.80. The van der Waals surface area contributed by atoms with Gasteiger partial charge in [-0.3, -0.25) is 0 Å². The molecule has 0 aliphatic carbocycles. The number of rotatable bonds is 3. The molecule has 0 atom stereocenters. The van der Waals surface area contributed by atoms with Crippen LogP contribution in [0.3, 0.4) is 0 Å². The molecule has 0 spiro atoms. The van der Waals surface area contributed by atoms with E-state index in [2.05, 4.69) is 4.74 Å². The third kappa shape index (κ3) is 4.23. The van der Waals surface area contributed by atoms with Gasteiger partial charge in [-0.25, -0.2) is 9.98 Å². The minimum absolute atomic E-state index is 0.00203. The first kappa shape index (κ1) is 27.5. The van der Waals surface area contributed by atoms with Crippen molar-refractivity contribution in [3.8, 4) is 0 Å². The van der Waals surface area contributed by atoms with E-state index in [0.29, 0.717) is 12.1 Å². The van der Waals surface area contributed by atoms with E-state index < -0.39 is 65.1 Å². The first-order chi connectivity index (χ1) is 14.9. The van der Waals surface area contributed by atoms with E-state index in [0.717, 1.165) is 0 Å². The van der Waals surface area contributed by atoms with E-state index in [1.807, 2.05) is 0 Å². The van der Waals surface area contributed by atoms with Crippen molar-refractivity contribution in [2.24, 2.45) is 9.98 Å². The summed E-state index contributed by atoms with van der Waals surface area (Å²) in [7, 11) is 0. The van der Waals surface area contributed by atoms with Crippen LogP contribution < -0.4 is 0 Å². The van der Waals surface area contributed by atoms with Gasteiger partial charge in [0.15, 0.2) is 0 Å². The molecule has 0 saturated carbocycles. The van der Waals surface area contributed by atoms with Gasteiger partial charge in [-0.1, -0.05) is 12.1 Å². The number of aliphatic imine (C=N–C) groups is 2. The molecule has 0 bridgehead atoms. The molecule has 3 nitrogen and oxygen atoms in total. The highest BCUT2D eigenvalue weighted by Crippen LogP contribution is 2.53. The molecule has 34 heavy (non-hydrogen) atoms. The summed E-state index contributed by atoms with van der Waals surface area (Å²) < 4.78 is 215. The van der Waals surface area contributed by atoms with Crippen molar-refractivity contribution in [3.63, 3.8) is 0 Å². The van der Waals surface area contributed by atoms with Crippen LogP contribution in [-0.2, 0) is 10.9 Å². The van der Waals surface area contributed by atoms with Crippen LogP contribution in [0.5, 0.6) is 0 Å². The van der Waals surface area contributed by atoms with Crippen LogP contribution in [0.1, 0.15) is 11.1 Å². The Bertz CT molecular complexity index is 981. The van der Waals surface area contributed by atoms with Gasteiger partial charge in [-0.15, -0.1) is 0 Å². The molecule has 0 fully saturated rings.